The highest BCUT2D eigenvalue weighted by Crippen LogP contribution is 2.24. The van der Waals surface area contributed by atoms with Crippen LogP contribution in [0.1, 0.15) is 30.5 Å². The molecule has 2 heterocycles. The molecular weight excluding hydrogens is 322 g/mol. The number of thiophene rings is 1. The van der Waals surface area contributed by atoms with E-state index >= 15 is 0 Å². The van der Waals surface area contributed by atoms with Crippen molar-refractivity contribution >= 4 is 38.9 Å². The lowest BCUT2D eigenvalue weighted by Gasteiger charge is -2.08. The molecule has 0 bridgehead atoms. The van der Waals surface area contributed by atoms with Gasteiger partial charge in [-0.3, -0.25) is 0 Å². The van der Waals surface area contributed by atoms with Gasteiger partial charge in [0.15, 0.2) is 0 Å². The largest absolute Gasteiger partial charge is 0.301 e. The van der Waals surface area contributed by atoms with E-state index in [2.05, 4.69) is 52.1 Å². The van der Waals surface area contributed by atoms with Crippen LogP contribution in [0.25, 0.3) is 0 Å². The van der Waals surface area contributed by atoms with Crippen LogP contribution in [0.4, 0.5) is 0 Å². The van der Waals surface area contributed by atoms with E-state index in [9.17, 15) is 0 Å². The fraction of sp³-hybridized carbons (Fsp3) is 0.455. The summed E-state index contributed by atoms with van der Waals surface area (Å²) in [4.78, 5) is 1.33. The van der Waals surface area contributed by atoms with Crippen molar-refractivity contribution in [1.82, 2.24) is 14.8 Å². The molecule has 0 saturated carbocycles. The number of hydrogen-bond donors (Lipinski definition) is 0. The predicted molar refractivity (Wildman–Crippen MR) is 74.8 cm³/mol. The minimum absolute atomic E-state index is 0.338. The molecule has 92 valence electrons. The van der Waals surface area contributed by atoms with Gasteiger partial charge in [0.2, 0.25) is 5.28 Å². The van der Waals surface area contributed by atoms with Crippen molar-refractivity contribution < 1.29 is 0 Å². The SMILES string of the molecule is CC(C)c1nnc(Cl)n1CCc1ccc(Br)s1. The van der Waals surface area contributed by atoms with Gasteiger partial charge in [0, 0.05) is 17.3 Å². The van der Waals surface area contributed by atoms with Crippen LogP contribution in [0, 0.1) is 0 Å². The molecule has 0 aliphatic heterocycles. The first kappa shape index (κ1) is 13.1. The second-order valence-corrected chi connectivity index (χ2v) is 6.98. The fourth-order valence-corrected chi connectivity index (χ4v) is 3.32. The quantitative estimate of drug-likeness (QED) is 0.842. The second-order valence-electron chi connectivity index (χ2n) is 4.09. The molecule has 0 radical (unpaired) electrons. The Hall–Kier alpha value is -0.390. The number of aromatic nitrogens is 3. The molecule has 3 nitrogen and oxygen atoms in total. The minimum atomic E-state index is 0.338. The molecule has 0 unspecified atom stereocenters. The van der Waals surface area contributed by atoms with Crippen LogP contribution in [-0.2, 0) is 13.0 Å². The van der Waals surface area contributed by atoms with E-state index in [-0.39, 0.29) is 0 Å². The maximum atomic E-state index is 6.04. The van der Waals surface area contributed by atoms with Crippen LogP contribution in [0.15, 0.2) is 15.9 Å². The maximum absolute atomic E-state index is 6.04. The zero-order chi connectivity index (χ0) is 12.4. The predicted octanol–water partition coefficient (Wildman–Crippen LogP) is 4.12. The normalized spacial score (nSPS) is 11.4. The zero-order valence-electron chi connectivity index (χ0n) is 9.65. The number of halogens is 2. The van der Waals surface area contributed by atoms with Gasteiger partial charge < -0.3 is 4.57 Å². The first-order chi connectivity index (χ1) is 8.08. The average Bonchev–Trinajstić information content (AvgIpc) is 2.82. The Morgan fingerprint density at radius 2 is 2.18 bits per heavy atom. The van der Waals surface area contributed by atoms with Crippen molar-refractivity contribution in [2.45, 2.75) is 32.7 Å². The number of rotatable bonds is 4. The molecule has 17 heavy (non-hydrogen) atoms. The Balaban J connectivity index is 2.10. The molecule has 0 aromatic carbocycles. The topological polar surface area (TPSA) is 30.7 Å². The molecule has 0 fully saturated rings. The molecular formula is C11H13BrClN3S. The first-order valence-electron chi connectivity index (χ1n) is 5.40. The van der Waals surface area contributed by atoms with Gasteiger partial charge in [-0.1, -0.05) is 13.8 Å². The third kappa shape index (κ3) is 3.09. The molecule has 0 atom stereocenters. The van der Waals surface area contributed by atoms with Crippen LogP contribution >= 0.6 is 38.9 Å². The molecule has 0 aliphatic rings. The van der Waals surface area contributed by atoms with Crippen molar-refractivity contribution in [3.63, 3.8) is 0 Å². The van der Waals surface area contributed by atoms with Gasteiger partial charge in [-0.25, -0.2) is 0 Å². The van der Waals surface area contributed by atoms with Crippen molar-refractivity contribution in [3.05, 3.63) is 31.9 Å². The smallest absolute Gasteiger partial charge is 0.225 e. The van der Waals surface area contributed by atoms with E-state index in [1.54, 1.807) is 11.3 Å². The lowest BCUT2D eigenvalue weighted by Crippen LogP contribution is -2.07. The molecule has 6 heteroatoms. The van der Waals surface area contributed by atoms with E-state index in [0.717, 1.165) is 22.6 Å². The molecule has 0 N–H and O–H groups in total. The summed E-state index contributed by atoms with van der Waals surface area (Å²) < 4.78 is 3.14. The van der Waals surface area contributed by atoms with Crippen LogP contribution in [0.2, 0.25) is 5.28 Å². The summed E-state index contributed by atoms with van der Waals surface area (Å²) in [6.07, 6.45) is 0.952. The van der Waals surface area contributed by atoms with Crippen LogP contribution < -0.4 is 0 Å². The molecule has 0 saturated heterocycles. The zero-order valence-corrected chi connectivity index (χ0v) is 12.8. The number of aryl methyl sites for hydroxylation is 1. The van der Waals surface area contributed by atoms with E-state index in [1.165, 1.54) is 4.88 Å². The Bertz CT molecular complexity index is 507. The third-order valence-corrected chi connectivity index (χ3v) is 4.42. The van der Waals surface area contributed by atoms with Crippen LogP contribution in [0.5, 0.6) is 0 Å². The highest BCUT2D eigenvalue weighted by Gasteiger charge is 2.13. The van der Waals surface area contributed by atoms with Gasteiger partial charge in [-0.15, -0.1) is 21.5 Å². The van der Waals surface area contributed by atoms with E-state index in [0.29, 0.717) is 11.2 Å². The monoisotopic (exact) mass is 333 g/mol. The summed E-state index contributed by atoms with van der Waals surface area (Å²) in [5.74, 6) is 1.29. The second kappa shape index (κ2) is 5.50. The summed E-state index contributed by atoms with van der Waals surface area (Å²) in [5, 5.41) is 8.51. The standard InChI is InChI=1S/C11H13BrClN3S/c1-7(2)10-14-15-11(13)16(10)6-5-8-3-4-9(12)17-8/h3-4,7H,5-6H2,1-2H3. The van der Waals surface area contributed by atoms with E-state index < -0.39 is 0 Å². The van der Waals surface area contributed by atoms with Crippen molar-refractivity contribution in [2.75, 3.05) is 0 Å². The number of hydrogen-bond acceptors (Lipinski definition) is 3. The lowest BCUT2D eigenvalue weighted by atomic mass is 10.2. The Labute approximate surface area is 118 Å². The van der Waals surface area contributed by atoms with Crippen LogP contribution in [0.3, 0.4) is 0 Å². The van der Waals surface area contributed by atoms with Gasteiger partial charge >= 0.3 is 0 Å². The Kier molecular flexibility index (Phi) is 4.22. The minimum Gasteiger partial charge on any atom is -0.301 e. The van der Waals surface area contributed by atoms with Gasteiger partial charge in [-0.2, -0.15) is 0 Å². The van der Waals surface area contributed by atoms with Gasteiger partial charge in [0.1, 0.15) is 5.82 Å². The first-order valence-corrected chi connectivity index (χ1v) is 7.39. The highest BCUT2D eigenvalue weighted by molar-refractivity contribution is 9.11. The summed E-state index contributed by atoms with van der Waals surface area (Å²) in [5.41, 5.74) is 0. The number of nitrogens with zero attached hydrogens (tertiary/aromatic N) is 3. The summed E-state index contributed by atoms with van der Waals surface area (Å²) >= 11 is 11.3. The molecule has 2 aromatic heterocycles. The molecule has 0 aliphatic carbocycles. The van der Waals surface area contributed by atoms with Crippen molar-refractivity contribution in [1.29, 1.82) is 0 Å². The van der Waals surface area contributed by atoms with Crippen molar-refractivity contribution in [2.24, 2.45) is 0 Å². The fourth-order valence-electron chi connectivity index (χ4n) is 1.64. The van der Waals surface area contributed by atoms with E-state index in [4.69, 9.17) is 11.6 Å². The van der Waals surface area contributed by atoms with Gasteiger partial charge in [-0.05, 0) is 46.1 Å². The average molecular weight is 335 g/mol. The summed E-state index contributed by atoms with van der Waals surface area (Å²) in [6.45, 7) is 5.02. The molecule has 2 aromatic rings. The molecule has 2 rings (SSSR count). The molecule has 0 spiro atoms. The third-order valence-electron chi connectivity index (χ3n) is 2.46. The van der Waals surface area contributed by atoms with E-state index in [1.807, 2.05) is 4.57 Å². The summed E-state index contributed by atoms with van der Waals surface area (Å²) in [6, 6.07) is 4.19. The van der Waals surface area contributed by atoms with Gasteiger partial charge in [0.05, 0.1) is 3.79 Å². The van der Waals surface area contributed by atoms with Crippen molar-refractivity contribution in [3.8, 4) is 0 Å². The lowest BCUT2D eigenvalue weighted by molar-refractivity contribution is 0.623. The maximum Gasteiger partial charge on any atom is 0.225 e. The Morgan fingerprint density at radius 1 is 1.41 bits per heavy atom. The van der Waals surface area contributed by atoms with Gasteiger partial charge in [0.25, 0.3) is 0 Å². The Morgan fingerprint density at radius 3 is 2.76 bits per heavy atom. The summed E-state index contributed by atoms with van der Waals surface area (Å²) in [7, 11) is 0. The molecule has 0 amide bonds. The highest BCUT2D eigenvalue weighted by atomic mass is 79.9. The van der Waals surface area contributed by atoms with Crippen LogP contribution in [-0.4, -0.2) is 14.8 Å².